The van der Waals surface area contributed by atoms with E-state index in [-0.39, 0.29) is 36.5 Å². The van der Waals surface area contributed by atoms with Gasteiger partial charge in [0.1, 0.15) is 0 Å². The average molecular weight is 300 g/mol. The number of carbonyl (C=O) groups is 1. The molecule has 0 saturated carbocycles. The molecule has 0 aromatic heterocycles. The Balaban J connectivity index is 3.02. The highest BCUT2D eigenvalue weighted by atomic mass is 32.2. The second-order valence-electron chi connectivity index (χ2n) is 5.39. The van der Waals surface area contributed by atoms with Gasteiger partial charge in [0.2, 0.25) is 5.91 Å². The lowest BCUT2D eigenvalue weighted by Gasteiger charge is -2.37. The number of carbonyl (C=O) groups excluding carboxylic acids is 1. The zero-order chi connectivity index (χ0) is 15.4. The molecule has 1 aliphatic heterocycles. The minimum atomic E-state index is -3.05. The molecule has 20 heavy (non-hydrogen) atoms. The van der Waals surface area contributed by atoms with Crippen LogP contribution in [-0.4, -0.2) is 49.9 Å². The molecule has 0 aliphatic carbocycles. The van der Waals surface area contributed by atoms with Crippen LogP contribution in [-0.2, 0) is 14.6 Å². The van der Waals surface area contributed by atoms with Gasteiger partial charge in [0.25, 0.3) is 0 Å². The summed E-state index contributed by atoms with van der Waals surface area (Å²) in [5.74, 6) is 2.49. The third-order valence-corrected chi connectivity index (χ3v) is 6.12. The number of hydrogen-bond donors (Lipinski definition) is 1. The Labute approximate surface area is 121 Å². The Bertz CT molecular complexity index is 481. The van der Waals surface area contributed by atoms with Crippen LogP contribution in [0.2, 0.25) is 0 Å². The molecule has 1 heterocycles. The van der Waals surface area contributed by atoms with Crippen LogP contribution in [0.15, 0.2) is 0 Å². The Kier molecular flexibility index (Phi) is 5.60. The second kappa shape index (κ2) is 6.59. The van der Waals surface area contributed by atoms with Gasteiger partial charge in [-0.1, -0.05) is 19.8 Å². The first-order valence-electron chi connectivity index (χ1n) is 7.00. The smallest absolute Gasteiger partial charge is 0.231 e. The molecule has 0 bridgehead atoms. The molecule has 0 aromatic carbocycles. The van der Waals surface area contributed by atoms with Crippen molar-refractivity contribution in [1.29, 1.82) is 0 Å². The third-order valence-electron chi connectivity index (χ3n) is 4.37. The molecule has 1 aliphatic rings. The van der Waals surface area contributed by atoms with Crippen molar-refractivity contribution in [3.63, 3.8) is 0 Å². The van der Waals surface area contributed by atoms with E-state index in [4.69, 9.17) is 12.2 Å². The van der Waals surface area contributed by atoms with Gasteiger partial charge in [0.05, 0.1) is 23.5 Å². The standard InChI is InChI=1S/C14H24N2O3S/c1-4-8-16(12-7-9-20(18,19)10-12)13(17)14(5-2,6-3)11-15/h1,12H,5-11,15H2,2-3H3. The van der Waals surface area contributed by atoms with Crippen LogP contribution in [0.5, 0.6) is 0 Å². The summed E-state index contributed by atoms with van der Waals surface area (Å²) in [5, 5.41) is 0. The zero-order valence-electron chi connectivity index (χ0n) is 12.3. The normalized spacial score (nSPS) is 21.4. The Morgan fingerprint density at radius 1 is 1.45 bits per heavy atom. The van der Waals surface area contributed by atoms with Gasteiger partial charge < -0.3 is 10.6 Å². The fourth-order valence-corrected chi connectivity index (χ4v) is 4.45. The average Bonchev–Trinajstić information content (AvgIpc) is 2.78. The van der Waals surface area contributed by atoms with Crippen LogP contribution in [0.4, 0.5) is 0 Å². The number of hydrogen-bond acceptors (Lipinski definition) is 4. The lowest BCUT2D eigenvalue weighted by Crippen LogP contribution is -2.52. The van der Waals surface area contributed by atoms with Crippen LogP contribution >= 0.6 is 0 Å². The maximum atomic E-state index is 12.8. The number of amides is 1. The molecule has 114 valence electrons. The summed E-state index contributed by atoms with van der Waals surface area (Å²) in [7, 11) is -3.05. The molecular weight excluding hydrogens is 276 g/mol. The molecule has 1 fully saturated rings. The topological polar surface area (TPSA) is 80.5 Å². The Morgan fingerprint density at radius 2 is 2.05 bits per heavy atom. The van der Waals surface area contributed by atoms with Gasteiger partial charge in [-0.25, -0.2) is 8.42 Å². The van der Waals surface area contributed by atoms with Gasteiger partial charge in [-0.3, -0.25) is 4.79 Å². The number of terminal acetylenes is 1. The van der Waals surface area contributed by atoms with Crippen LogP contribution in [0.25, 0.3) is 0 Å². The molecule has 6 heteroatoms. The van der Waals surface area contributed by atoms with Gasteiger partial charge in [-0.15, -0.1) is 6.42 Å². The highest BCUT2D eigenvalue weighted by Gasteiger charge is 2.42. The maximum Gasteiger partial charge on any atom is 0.231 e. The molecule has 1 saturated heterocycles. The minimum Gasteiger partial charge on any atom is -0.329 e. The van der Waals surface area contributed by atoms with E-state index in [1.54, 1.807) is 4.90 Å². The molecule has 0 spiro atoms. The summed E-state index contributed by atoms with van der Waals surface area (Å²) >= 11 is 0. The molecule has 0 radical (unpaired) electrons. The fraction of sp³-hybridized carbons (Fsp3) is 0.786. The molecular formula is C14H24N2O3S. The van der Waals surface area contributed by atoms with Crippen LogP contribution in [0.3, 0.4) is 0 Å². The predicted molar refractivity (Wildman–Crippen MR) is 79.7 cm³/mol. The number of sulfone groups is 1. The molecule has 1 atom stereocenters. The van der Waals surface area contributed by atoms with Crippen LogP contribution < -0.4 is 5.73 Å². The highest BCUT2D eigenvalue weighted by molar-refractivity contribution is 7.91. The van der Waals surface area contributed by atoms with Gasteiger partial charge in [0.15, 0.2) is 9.84 Å². The largest absolute Gasteiger partial charge is 0.329 e. The number of nitrogens with two attached hydrogens (primary N) is 1. The molecule has 1 unspecified atom stereocenters. The van der Waals surface area contributed by atoms with E-state index in [0.29, 0.717) is 19.3 Å². The Hall–Kier alpha value is -1.06. The van der Waals surface area contributed by atoms with E-state index < -0.39 is 15.3 Å². The van der Waals surface area contributed by atoms with Gasteiger partial charge >= 0.3 is 0 Å². The first-order valence-corrected chi connectivity index (χ1v) is 8.83. The zero-order valence-corrected chi connectivity index (χ0v) is 13.1. The second-order valence-corrected chi connectivity index (χ2v) is 7.61. The van der Waals surface area contributed by atoms with Crippen molar-refractivity contribution in [1.82, 2.24) is 4.90 Å². The summed E-state index contributed by atoms with van der Waals surface area (Å²) in [6.07, 6.45) is 7.06. The number of nitrogens with zero attached hydrogens (tertiary/aromatic N) is 1. The minimum absolute atomic E-state index is 0.00843. The maximum absolute atomic E-state index is 12.8. The van der Waals surface area contributed by atoms with E-state index >= 15 is 0 Å². The monoisotopic (exact) mass is 300 g/mol. The van der Waals surface area contributed by atoms with E-state index in [1.807, 2.05) is 13.8 Å². The molecule has 5 nitrogen and oxygen atoms in total. The predicted octanol–water partition coefficient (Wildman–Crippen LogP) is 0.400. The van der Waals surface area contributed by atoms with Crippen molar-refractivity contribution in [2.45, 2.75) is 39.2 Å². The Morgan fingerprint density at radius 3 is 2.40 bits per heavy atom. The molecule has 1 rings (SSSR count). The first-order chi connectivity index (χ1) is 9.35. The van der Waals surface area contributed by atoms with E-state index in [9.17, 15) is 13.2 Å². The van der Waals surface area contributed by atoms with Crippen LogP contribution in [0.1, 0.15) is 33.1 Å². The van der Waals surface area contributed by atoms with Crippen molar-refractivity contribution < 1.29 is 13.2 Å². The summed E-state index contributed by atoms with van der Waals surface area (Å²) in [6.45, 7) is 4.24. The van der Waals surface area contributed by atoms with Crippen molar-refractivity contribution in [2.75, 3.05) is 24.6 Å². The third kappa shape index (κ3) is 3.33. The van der Waals surface area contributed by atoms with E-state index in [0.717, 1.165) is 0 Å². The summed E-state index contributed by atoms with van der Waals surface area (Å²) in [5.41, 5.74) is 5.16. The fourth-order valence-electron chi connectivity index (χ4n) is 2.72. The summed E-state index contributed by atoms with van der Waals surface area (Å²) < 4.78 is 23.2. The van der Waals surface area contributed by atoms with E-state index in [1.165, 1.54) is 0 Å². The lowest BCUT2D eigenvalue weighted by atomic mass is 9.80. The van der Waals surface area contributed by atoms with Gasteiger partial charge in [0, 0.05) is 12.6 Å². The van der Waals surface area contributed by atoms with Crippen molar-refractivity contribution >= 4 is 15.7 Å². The molecule has 1 amide bonds. The van der Waals surface area contributed by atoms with Crippen molar-refractivity contribution in [2.24, 2.45) is 11.1 Å². The quantitative estimate of drug-likeness (QED) is 0.720. The van der Waals surface area contributed by atoms with Crippen molar-refractivity contribution in [3.8, 4) is 12.3 Å². The highest BCUT2D eigenvalue weighted by Crippen LogP contribution is 2.30. The van der Waals surface area contributed by atoms with Gasteiger partial charge in [-0.05, 0) is 19.3 Å². The SMILES string of the molecule is C#CCN(C(=O)C(CC)(CC)CN)C1CCS(=O)(=O)C1. The summed E-state index contributed by atoms with van der Waals surface area (Å²) in [6, 6.07) is -0.312. The molecule has 2 N–H and O–H groups in total. The summed E-state index contributed by atoms with van der Waals surface area (Å²) in [4.78, 5) is 14.3. The first kappa shape index (κ1) is 17.0. The molecule has 0 aromatic rings. The number of rotatable bonds is 6. The van der Waals surface area contributed by atoms with E-state index in [2.05, 4.69) is 5.92 Å². The van der Waals surface area contributed by atoms with Crippen molar-refractivity contribution in [3.05, 3.63) is 0 Å². The van der Waals surface area contributed by atoms with Crippen LogP contribution in [0, 0.1) is 17.8 Å². The lowest BCUT2D eigenvalue weighted by molar-refractivity contribution is -0.143. The van der Waals surface area contributed by atoms with Gasteiger partial charge in [-0.2, -0.15) is 0 Å².